The van der Waals surface area contributed by atoms with E-state index in [2.05, 4.69) is 18.6 Å². The summed E-state index contributed by atoms with van der Waals surface area (Å²) in [6.45, 7) is 4.26. The molecule has 4 heteroatoms. The molecule has 1 atom stereocenters. The molecule has 3 rings (SSSR count). The Labute approximate surface area is 143 Å². The van der Waals surface area contributed by atoms with Crippen molar-refractivity contribution in [3.63, 3.8) is 0 Å². The van der Waals surface area contributed by atoms with Gasteiger partial charge < -0.3 is 0 Å². The SMILES string of the molecule is CCC(C)c1ccc(S(=O)(=O)Nc2cccc3ccccc23)cc1. The molecule has 3 aromatic rings. The predicted molar refractivity (Wildman–Crippen MR) is 99.9 cm³/mol. The van der Waals surface area contributed by atoms with E-state index in [-0.39, 0.29) is 4.90 Å². The van der Waals surface area contributed by atoms with Gasteiger partial charge in [0.2, 0.25) is 0 Å². The van der Waals surface area contributed by atoms with Crippen molar-refractivity contribution in [2.75, 3.05) is 4.72 Å². The highest BCUT2D eigenvalue weighted by atomic mass is 32.2. The van der Waals surface area contributed by atoms with E-state index in [1.165, 1.54) is 0 Å². The van der Waals surface area contributed by atoms with Gasteiger partial charge in [-0.25, -0.2) is 8.42 Å². The molecule has 0 aliphatic heterocycles. The van der Waals surface area contributed by atoms with Gasteiger partial charge in [0.25, 0.3) is 10.0 Å². The maximum absolute atomic E-state index is 12.7. The lowest BCUT2D eigenvalue weighted by atomic mass is 9.99. The summed E-state index contributed by atoms with van der Waals surface area (Å²) in [5, 5.41) is 1.89. The summed E-state index contributed by atoms with van der Waals surface area (Å²) in [6.07, 6.45) is 1.03. The maximum atomic E-state index is 12.7. The molecule has 1 unspecified atom stereocenters. The number of anilines is 1. The van der Waals surface area contributed by atoms with Gasteiger partial charge in [-0.1, -0.05) is 62.4 Å². The zero-order valence-corrected chi connectivity index (χ0v) is 14.7. The summed E-state index contributed by atoms with van der Waals surface area (Å²) in [6, 6.07) is 20.5. The minimum Gasteiger partial charge on any atom is -0.279 e. The van der Waals surface area contributed by atoms with Crippen molar-refractivity contribution in [1.29, 1.82) is 0 Å². The van der Waals surface area contributed by atoms with E-state index in [1.54, 1.807) is 18.2 Å². The Bertz CT molecular complexity index is 942. The van der Waals surface area contributed by atoms with Crippen LogP contribution in [-0.2, 0) is 10.0 Å². The van der Waals surface area contributed by atoms with E-state index in [0.29, 0.717) is 11.6 Å². The molecule has 0 bridgehead atoms. The Morgan fingerprint density at radius 3 is 2.29 bits per heavy atom. The second kappa shape index (κ2) is 6.65. The van der Waals surface area contributed by atoms with Gasteiger partial charge in [0.1, 0.15) is 0 Å². The third-order valence-corrected chi connectivity index (χ3v) is 5.79. The van der Waals surface area contributed by atoms with Gasteiger partial charge in [-0.2, -0.15) is 0 Å². The van der Waals surface area contributed by atoms with Crippen molar-refractivity contribution >= 4 is 26.5 Å². The normalized spacial score (nSPS) is 12.9. The van der Waals surface area contributed by atoms with Crippen LogP contribution in [0, 0.1) is 0 Å². The monoisotopic (exact) mass is 339 g/mol. The highest BCUT2D eigenvalue weighted by Gasteiger charge is 2.16. The predicted octanol–water partition coefficient (Wildman–Crippen LogP) is 5.15. The molecule has 0 aliphatic carbocycles. The van der Waals surface area contributed by atoms with Crippen LogP contribution in [-0.4, -0.2) is 8.42 Å². The first kappa shape index (κ1) is 16.5. The fraction of sp³-hybridized carbons (Fsp3) is 0.200. The second-order valence-electron chi connectivity index (χ2n) is 6.01. The van der Waals surface area contributed by atoms with E-state index < -0.39 is 10.0 Å². The first-order chi connectivity index (χ1) is 11.5. The maximum Gasteiger partial charge on any atom is 0.261 e. The Morgan fingerprint density at radius 2 is 1.58 bits per heavy atom. The van der Waals surface area contributed by atoms with E-state index in [4.69, 9.17) is 0 Å². The van der Waals surface area contributed by atoms with Crippen LogP contribution >= 0.6 is 0 Å². The number of sulfonamides is 1. The van der Waals surface area contributed by atoms with Crippen molar-refractivity contribution in [2.24, 2.45) is 0 Å². The molecule has 0 saturated carbocycles. The first-order valence-electron chi connectivity index (χ1n) is 8.12. The lowest BCUT2D eigenvalue weighted by Gasteiger charge is -2.12. The molecule has 0 amide bonds. The Morgan fingerprint density at radius 1 is 0.917 bits per heavy atom. The summed E-state index contributed by atoms with van der Waals surface area (Å²) in [5.41, 5.74) is 1.75. The second-order valence-corrected chi connectivity index (χ2v) is 7.69. The van der Waals surface area contributed by atoms with Crippen molar-refractivity contribution < 1.29 is 8.42 Å². The van der Waals surface area contributed by atoms with Crippen LogP contribution in [0.3, 0.4) is 0 Å². The molecule has 0 fully saturated rings. The van der Waals surface area contributed by atoms with Gasteiger partial charge in [0, 0.05) is 5.39 Å². The van der Waals surface area contributed by atoms with Gasteiger partial charge in [-0.15, -0.1) is 0 Å². The molecule has 0 aromatic heterocycles. The fourth-order valence-electron chi connectivity index (χ4n) is 2.73. The summed E-state index contributed by atoms with van der Waals surface area (Å²) < 4.78 is 28.1. The number of hydrogen-bond donors (Lipinski definition) is 1. The van der Waals surface area contributed by atoms with Gasteiger partial charge in [0.15, 0.2) is 0 Å². The van der Waals surface area contributed by atoms with Crippen molar-refractivity contribution in [1.82, 2.24) is 0 Å². The molecule has 3 nitrogen and oxygen atoms in total. The molecule has 0 radical (unpaired) electrons. The average molecular weight is 339 g/mol. The van der Waals surface area contributed by atoms with Crippen LogP contribution in [0.1, 0.15) is 31.7 Å². The third kappa shape index (κ3) is 3.29. The molecule has 0 saturated heterocycles. The molecule has 0 heterocycles. The van der Waals surface area contributed by atoms with E-state index in [9.17, 15) is 8.42 Å². The molecule has 3 aromatic carbocycles. The molecular weight excluding hydrogens is 318 g/mol. The zero-order chi connectivity index (χ0) is 17.2. The van der Waals surface area contributed by atoms with Crippen LogP contribution in [0.4, 0.5) is 5.69 Å². The van der Waals surface area contributed by atoms with Gasteiger partial charge in [0.05, 0.1) is 10.6 Å². The third-order valence-electron chi connectivity index (χ3n) is 4.41. The summed E-state index contributed by atoms with van der Waals surface area (Å²) >= 11 is 0. The van der Waals surface area contributed by atoms with Gasteiger partial charge >= 0.3 is 0 Å². The molecule has 24 heavy (non-hydrogen) atoms. The van der Waals surface area contributed by atoms with Crippen LogP contribution in [0.2, 0.25) is 0 Å². The van der Waals surface area contributed by atoms with E-state index in [0.717, 1.165) is 22.8 Å². The van der Waals surface area contributed by atoms with Crippen LogP contribution < -0.4 is 4.72 Å². The lowest BCUT2D eigenvalue weighted by molar-refractivity contribution is 0.601. The molecule has 0 spiro atoms. The van der Waals surface area contributed by atoms with Gasteiger partial charge in [-0.05, 0) is 41.5 Å². The number of fused-ring (bicyclic) bond motifs is 1. The standard InChI is InChI=1S/C20H21NO2S/c1-3-15(2)16-11-13-18(14-12-16)24(22,23)21-20-10-6-8-17-7-4-5-9-19(17)20/h4-15,21H,3H2,1-2H3. The lowest BCUT2D eigenvalue weighted by Crippen LogP contribution is -2.13. The topological polar surface area (TPSA) is 46.2 Å². The Hall–Kier alpha value is -2.33. The Balaban J connectivity index is 1.93. The van der Waals surface area contributed by atoms with Crippen molar-refractivity contribution in [3.05, 3.63) is 72.3 Å². The van der Waals surface area contributed by atoms with Crippen molar-refractivity contribution in [3.8, 4) is 0 Å². The molecule has 1 N–H and O–H groups in total. The first-order valence-corrected chi connectivity index (χ1v) is 9.60. The van der Waals surface area contributed by atoms with Crippen molar-refractivity contribution in [2.45, 2.75) is 31.1 Å². The van der Waals surface area contributed by atoms with E-state index in [1.807, 2.05) is 48.5 Å². The molecule has 124 valence electrons. The number of benzene rings is 3. The van der Waals surface area contributed by atoms with Crippen LogP contribution in [0.15, 0.2) is 71.6 Å². The van der Waals surface area contributed by atoms with Crippen LogP contribution in [0.25, 0.3) is 10.8 Å². The highest BCUT2D eigenvalue weighted by Crippen LogP contribution is 2.26. The minimum absolute atomic E-state index is 0.280. The van der Waals surface area contributed by atoms with E-state index >= 15 is 0 Å². The number of rotatable bonds is 5. The Kier molecular flexibility index (Phi) is 4.58. The summed E-state index contributed by atoms with van der Waals surface area (Å²) in [5.74, 6) is 0.424. The van der Waals surface area contributed by atoms with Crippen LogP contribution in [0.5, 0.6) is 0 Å². The molecule has 0 aliphatic rings. The summed E-state index contributed by atoms with van der Waals surface area (Å²) in [4.78, 5) is 0.280. The summed E-state index contributed by atoms with van der Waals surface area (Å²) in [7, 11) is -3.60. The smallest absolute Gasteiger partial charge is 0.261 e. The number of nitrogens with one attached hydrogen (secondary N) is 1. The zero-order valence-electron chi connectivity index (χ0n) is 13.9. The van der Waals surface area contributed by atoms with Gasteiger partial charge in [-0.3, -0.25) is 4.72 Å². The number of hydrogen-bond acceptors (Lipinski definition) is 2. The largest absolute Gasteiger partial charge is 0.279 e. The fourth-order valence-corrected chi connectivity index (χ4v) is 3.81. The molecular formula is C20H21NO2S. The quantitative estimate of drug-likeness (QED) is 0.698. The average Bonchev–Trinajstić information content (AvgIpc) is 2.61. The minimum atomic E-state index is -3.60. The highest BCUT2D eigenvalue weighted by molar-refractivity contribution is 7.92.